The van der Waals surface area contributed by atoms with Crippen LogP contribution in [0.2, 0.25) is 0 Å². The fraction of sp³-hybridized carbons (Fsp3) is 0.412. The van der Waals surface area contributed by atoms with Crippen LogP contribution in [-0.4, -0.2) is 33.9 Å². The number of hydrogen-bond donors (Lipinski definition) is 2. The molecule has 0 bridgehead atoms. The summed E-state index contributed by atoms with van der Waals surface area (Å²) in [7, 11) is 0. The number of aromatic amines is 1. The lowest BCUT2D eigenvalue weighted by Crippen LogP contribution is -2.58. The molecule has 22 heavy (non-hydrogen) atoms. The Labute approximate surface area is 129 Å². The number of H-pyrrole nitrogens is 1. The van der Waals surface area contributed by atoms with Crippen molar-refractivity contribution >= 4 is 5.91 Å². The van der Waals surface area contributed by atoms with Gasteiger partial charge in [-0.25, -0.2) is 4.98 Å². The van der Waals surface area contributed by atoms with Crippen molar-refractivity contribution in [2.45, 2.75) is 31.3 Å². The minimum absolute atomic E-state index is 0.184. The minimum atomic E-state index is -0.184. The summed E-state index contributed by atoms with van der Waals surface area (Å²) in [5, 5.41) is 3.64. The first-order valence-corrected chi connectivity index (χ1v) is 7.86. The van der Waals surface area contributed by atoms with E-state index in [0.717, 1.165) is 25.1 Å². The normalized spacial score (nSPS) is 24.5. The van der Waals surface area contributed by atoms with Crippen molar-refractivity contribution in [2.24, 2.45) is 0 Å². The highest BCUT2D eigenvalue weighted by Gasteiger charge is 2.44. The van der Waals surface area contributed by atoms with Gasteiger partial charge in [0.25, 0.3) is 0 Å². The van der Waals surface area contributed by atoms with Gasteiger partial charge in [0.2, 0.25) is 5.91 Å². The summed E-state index contributed by atoms with van der Waals surface area (Å²) in [6.45, 7) is 2.30. The fourth-order valence-corrected chi connectivity index (χ4v) is 3.69. The first kappa shape index (κ1) is 13.5. The maximum atomic E-state index is 12.3. The smallest absolute Gasteiger partial charge is 0.223 e. The third kappa shape index (κ3) is 2.22. The molecule has 0 radical (unpaired) electrons. The molecular weight excluding hydrogens is 276 g/mol. The Kier molecular flexibility index (Phi) is 3.22. The molecule has 1 aromatic heterocycles. The molecular formula is C17H20N4O. The van der Waals surface area contributed by atoms with E-state index in [1.807, 2.05) is 23.1 Å². The minimum Gasteiger partial charge on any atom is -0.348 e. The van der Waals surface area contributed by atoms with Gasteiger partial charge in [-0.15, -0.1) is 0 Å². The quantitative estimate of drug-likeness (QED) is 0.884. The SMILES string of the molecule is O=C1CCC2(CN1Cc1ccccc1)NCCc1[nH]cnc12. The van der Waals surface area contributed by atoms with Crippen LogP contribution in [0, 0.1) is 0 Å². The van der Waals surface area contributed by atoms with Gasteiger partial charge in [0.1, 0.15) is 0 Å². The van der Waals surface area contributed by atoms with E-state index < -0.39 is 0 Å². The van der Waals surface area contributed by atoms with E-state index in [4.69, 9.17) is 0 Å². The van der Waals surface area contributed by atoms with Gasteiger partial charge < -0.3 is 15.2 Å². The Morgan fingerprint density at radius 1 is 1.23 bits per heavy atom. The van der Waals surface area contributed by atoms with Crippen molar-refractivity contribution in [1.82, 2.24) is 20.2 Å². The van der Waals surface area contributed by atoms with Gasteiger partial charge in [-0.3, -0.25) is 4.79 Å². The second kappa shape index (κ2) is 5.25. The molecule has 5 heteroatoms. The zero-order valence-electron chi connectivity index (χ0n) is 12.5. The summed E-state index contributed by atoms with van der Waals surface area (Å²) in [5.74, 6) is 0.235. The Balaban J connectivity index is 1.61. The Morgan fingerprint density at radius 3 is 2.95 bits per heavy atom. The van der Waals surface area contributed by atoms with E-state index in [0.29, 0.717) is 19.5 Å². The summed E-state index contributed by atoms with van der Waals surface area (Å²) in [6.07, 6.45) is 4.15. The predicted molar refractivity (Wildman–Crippen MR) is 83.1 cm³/mol. The standard InChI is InChI=1S/C17H20N4O/c22-15-6-8-17(16-14(7-9-20-17)18-12-19-16)11-21(15)10-13-4-2-1-3-5-13/h1-5,12,20H,6-11H2,(H,18,19). The topological polar surface area (TPSA) is 61.0 Å². The molecule has 2 aliphatic heterocycles. The lowest BCUT2D eigenvalue weighted by Gasteiger charge is -2.44. The first-order chi connectivity index (χ1) is 10.8. The molecule has 2 aliphatic rings. The molecule has 1 atom stereocenters. The summed E-state index contributed by atoms with van der Waals surface area (Å²) < 4.78 is 0. The summed E-state index contributed by atoms with van der Waals surface area (Å²) >= 11 is 0. The average molecular weight is 296 g/mol. The van der Waals surface area contributed by atoms with Crippen molar-refractivity contribution in [2.75, 3.05) is 13.1 Å². The number of likely N-dealkylation sites (tertiary alicyclic amines) is 1. The van der Waals surface area contributed by atoms with E-state index in [2.05, 4.69) is 27.4 Å². The highest BCUT2D eigenvalue weighted by atomic mass is 16.2. The van der Waals surface area contributed by atoms with Crippen molar-refractivity contribution in [3.8, 4) is 0 Å². The maximum absolute atomic E-state index is 12.3. The fourth-order valence-electron chi connectivity index (χ4n) is 3.69. The van der Waals surface area contributed by atoms with Crippen LogP contribution in [-0.2, 0) is 23.3 Å². The predicted octanol–water partition coefficient (Wildman–Crippen LogP) is 1.57. The molecule has 3 heterocycles. The number of benzene rings is 1. The van der Waals surface area contributed by atoms with Gasteiger partial charge in [-0.2, -0.15) is 0 Å². The number of aromatic nitrogens is 2. The van der Waals surface area contributed by atoms with Crippen LogP contribution in [0.1, 0.15) is 29.8 Å². The Hall–Kier alpha value is -2.14. The third-order valence-electron chi connectivity index (χ3n) is 4.81. The van der Waals surface area contributed by atoms with Crippen molar-refractivity contribution in [1.29, 1.82) is 0 Å². The molecule has 1 amide bonds. The lowest BCUT2D eigenvalue weighted by atomic mass is 9.81. The van der Waals surface area contributed by atoms with E-state index in [1.54, 1.807) is 6.33 Å². The average Bonchev–Trinajstić information content (AvgIpc) is 3.03. The van der Waals surface area contributed by atoms with E-state index in [9.17, 15) is 4.79 Å². The summed E-state index contributed by atoms with van der Waals surface area (Å²) in [6, 6.07) is 10.2. The largest absolute Gasteiger partial charge is 0.348 e. The number of rotatable bonds is 2. The number of carbonyl (C=O) groups excluding carboxylic acids is 1. The number of amides is 1. The van der Waals surface area contributed by atoms with E-state index >= 15 is 0 Å². The molecule has 1 saturated heterocycles. The zero-order valence-corrected chi connectivity index (χ0v) is 12.5. The van der Waals surface area contributed by atoms with Crippen molar-refractivity contribution < 1.29 is 4.79 Å². The van der Waals surface area contributed by atoms with Crippen LogP contribution in [0.25, 0.3) is 0 Å². The highest BCUT2D eigenvalue weighted by Crippen LogP contribution is 2.35. The number of hydrogen-bond acceptors (Lipinski definition) is 3. The molecule has 1 aromatic carbocycles. The van der Waals surface area contributed by atoms with E-state index in [-0.39, 0.29) is 11.4 Å². The molecule has 0 saturated carbocycles. The van der Waals surface area contributed by atoms with Crippen LogP contribution in [0.5, 0.6) is 0 Å². The van der Waals surface area contributed by atoms with Gasteiger partial charge in [0.15, 0.2) is 0 Å². The van der Waals surface area contributed by atoms with Crippen LogP contribution in [0.15, 0.2) is 36.7 Å². The number of imidazole rings is 1. The highest BCUT2D eigenvalue weighted by molar-refractivity contribution is 5.77. The zero-order chi connectivity index (χ0) is 15.0. The van der Waals surface area contributed by atoms with E-state index in [1.165, 1.54) is 11.3 Å². The number of carbonyl (C=O) groups is 1. The maximum Gasteiger partial charge on any atom is 0.223 e. The van der Waals surface area contributed by atoms with Crippen LogP contribution < -0.4 is 5.32 Å². The first-order valence-electron chi connectivity index (χ1n) is 7.86. The van der Waals surface area contributed by atoms with Gasteiger partial charge in [-0.1, -0.05) is 30.3 Å². The second-order valence-electron chi connectivity index (χ2n) is 6.22. The number of nitrogens with one attached hydrogen (secondary N) is 2. The van der Waals surface area contributed by atoms with Gasteiger partial charge >= 0.3 is 0 Å². The molecule has 5 nitrogen and oxygen atoms in total. The second-order valence-corrected chi connectivity index (χ2v) is 6.22. The van der Waals surface area contributed by atoms with Crippen LogP contribution in [0.3, 0.4) is 0 Å². The van der Waals surface area contributed by atoms with Crippen molar-refractivity contribution in [3.63, 3.8) is 0 Å². The molecule has 2 aromatic rings. The number of piperidine rings is 1. The molecule has 4 rings (SSSR count). The van der Waals surface area contributed by atoms with Crippen LogP contribution >= 0.6 is 0 Å². The Bertz CT molecular complexity index is 681. The number of nitrogens with zero attached hydrogens (tertiary/aromatic N) is 2. The van der Waals surface area contributed by atoms with Gasteiger partial charge in [-0.05, 0) is 12.0 Å². The summed E-state index contributed by atoms with van der Waals surface area (Å²) in [5.41, 5.74) is 3.30. The molecule has 1 fully saturated rings. The van der Waals surface area contributed by atoms with Gasteiger partial charge in [0.05, 0.1) is 17.6 Å². The third-order valence-corrected chi connectivity index (χ3v) is 4.81. The molecule has 114 valence electrons. The Morgan fingerprint density at radius 2 is 2.09 bits per heavy atom. The van der Waals surface area contributed by atoms with Crippen molar-refractivity contribution in [3.05, 3.63) is 53.6 Å². The lowest BCUT2D eigenvalue weighted by molar-refractivity contribution is -0.137. The number of fused-ring (bicyclic) bond motifs is 2. The molecule has 2 N–H and O–H groups in total. The molecule has 1 unspecified atom stereocenters. The van der Waals surface area contributed by atoms with Crippen LogP contribution in [0.4, 0.5) is 0 Å². The van der Waals surface area contributed by atoms with Gasteiger partial charge in [0, 0.05) is 38.2 Å². The monoisotopic (exact) mass is 296 g/mol. The molecule has 0 aliphatic carbocycles. The molecule has 1 spiro atoms. The summed E-state index contributed by atoms with van der Waals surface area (Å²) in [4.78, 5) is 22.1.